The Balaban J connectivity index is 1.75. The van der Waals surface area contributed by atoms with Crippen molar-refractivity contribution in [2.45, 2.75) is 24.9 Å². The Hall–Kier alpha value is -1.76. The summed E-state index contributed by atoms with van der Waals surface area (Å²) in [6, 6.07) is 4.05. The fraction of sp³-hybridized carbons (Fsp3) is 0.412. The number of pyridine rings is 1. The molecule has 5 nitrogen and oxygen atoms in total. The van der Waals surface area contributed by atoms with E-state index in [-0.39, 0.29) is 5.60 Å². The molecule has 0 bridgehead atoms. The first-order valence-electron chi connectivity index (χ1n) is 7.91. The first kappa shape index (κ1) is 14.8. The van der Waals surface area contributed by atoms with E-state index in [0.29, 0.717) is 5.56 Å². The standard InChI is InChI=1S/C17H19N3O2S/c18-16(21)13-7-12(9-20-10-13)14-8-11-1-6-22-17(15(11)23-14)2-4-19-5-3-17/h7-10,19H,1-6H2,(H2,18,21). The Bertz CT molecular complexity index is 750. The molecule has 2 aromatic rings. The number of nitrogens with one attached hydrogen (secondary N) is 1. The van der Waals surface area contributed by atoms with Crippen LogP contribution in [0.3, 0.4) is 0 Å². The molecule has 3 N–H and O–H groups in total. The average molecular weight is 329 g/mol. The minimum Gasteiger partial charge on any atom is -0.369 e. The van der Waals surface area contributed by atoms with Gasteiger partial charge in [0, 0.05) is 27.7 Å². The van der Waals surface area contributed by atoms with Crippen molar-refractivity contribution >= 4 is 17.2 Å². The summed E-state index contributed by atoms with van der Waals surface area (Å²) in [6.45, 7) is 2.76. The number of aromatic nitrogens is 1. The fourth-order valence-corrected chi connectivity index (χ4v) is 4.87. The van der Waals surface area contributed by atoms with Crippen LogP contribution in [0.15, 0.2) is 24.5 Å². The molecule has 0 aromatic carbocycles. The molecule has 0 unspecified atom stereocenters. The number of rotatable bonds is 2. The summed E-state index contributed by atoms with van der Waals surface area (Å²) in [4.78, 5) is 18.0. The van der Waals surface area contributed by atoms with E-state index in [4.69, 9.17) is 10.5 Å². The molecule has 1 saturated heterocycles. The molecule has 120 valence electrons. The second kappa shape index (κ2) is 5.70. The van der Waals surface area contributed by atoms with Crippen molar-refractivity contribution in [2.75, 3.05) is 19.7 Å². The molecule has 0 radical (unpaired) electrons. The van der Waals surface area contributed by atoms with Crippen LogP contribution >= 0.6 is 11.3 Å². The van der Waals surface area contributed by atoms with Gasteiger partial charge in [-0.3, -0.25) is 9.78 Å². The van der Waals surface area contributed by atoms with E-state index in [1.807, 2.05) is 6.07 Å². The SMILES string of the molecule is NC(=O)c1cncc(-c2cc3c(s2)C2(CCNCC2)OCC3)c1. The highest BCUT2D eigenvalue weighted by molar-refractivity contribution is 7.15. The van der Waals surface area contributed by atoms with Crippen molar-refractivity contribution in [3.8, 4) is 10.4 Å². The lowest BCUT2D eigenvalue weighted by atomic mass is 9.86. The van der Waals surface area contributed by atoms with Gasteiger partial charge >= 0.3 is 0 Å². The largest absolute Gasteiger partial charge is 0.369 e. The minimum atomic E-state index is -0.446. The number of thiophene rings is 1. The third-order valence-corrected chi connectivity index (χ3v) is 6.10. The predicted octanol–water partition coefficient (Wildman–Crippen LogP) is 2.06. The van der Waals surface area contributed by atoms with Gasteiger partial charge in [-0.05, 0) is 50.0 Å². The Kier molecular flexibility index (Phi) is 3.67. The van der Waals surface area contributed by atoms with Crippen molar-refractivity contribution in [1.29, 1.82) is 0 Å². The Morgan fingerprint density at radius 1 is 1.30 bits per heavy atom. The summed E-state index contributed by atoms with van der Waals surface area (Å²) in [5.74, 6) is -0.446. The quantitative estimate of drug-likeness (QED) is 0.884. The number of fused-ring (bicyclic) bond motifs is 2. The van der Waals surface area contributed by atoms with Gasteiger partial charge in [-0.1, -0.05) is 0 Å². The Morgan fingerprint density at radius 2 is 2.13 bits per heavy atom. The lowest BCUT2D eigenvalue weighted by molar-refractivity contribution is -0.0771. The number of amides is 1. The van der Waals surface area contributed by atoms with Crippen LogP contribution in [0.1, 0.15) is 33.6 Å². The second-order valence-electron chi connectivity index (χ2n) is 6.13. The molecule has 6 heteroatoms. The van der Waals surface area contributed by atoms with Crippen molar-refractivity contribution < 1.29 is 9.53 Å². The zero-order chi connectivity index (χ0) is 15.9. The number of piperidine rings is 1. The van der Waals surface area contributed by atoms with Gasteiger partial charge in [-0.25, -0.2) is 0 Å². The predicted molar refractivity (Wildman–Crippen MR) is 89.5 cm³/mol. The molecule has 4 heterocycles. The number of primary amides is 1. The van der Waals surface area contributed by atoms with Crippen LogP contribution in [0.25, 0.3) is 10.4 Å². The van der Waals surface area contributed by atoms with E-state index in [1.54, 1.807) is 17.5 Å². The zero-order valence-electron chi connectivity index (χ0n) is 12.8. The lowest BCUT2D eigenvalue weighted by Gasteiger charge is -2.40. The van der Waals surface area contributed by atoms with Crippen molar-refractivity contribution in [3.63, 3.8) is 0 Å². The van der Waals surface area contributed by atoms with E-state index in [1.165, 1.54) is 16.6 Å². The number of carbonyl (C=O) groups excluding carboxylic acids is 1. The summed E-state index contributed by atoms with van der Waals surface area (Å²) in [7, 11) is 0. The number of hydrogen-bond donors (Lipinski definition) is 2. The monoisotopic (exact) mass is 329 g/mol. The van der Waals surface area contributed by atoms with Crippen molar-refractivity contribution in [2.24, 2.45) is 5.73 Å². The molecule has 2 aromatic heterocycles. The highest BCUT2D eigenvalue weighted by atomic mass is 32.1. The number of nitrogens with zero attached hydrogens (tertiary/aromatic N) is 1. The fourth-order valence-electron chi connectivity index (χ4n) is 3.48. The molecule has 1 amide bonds. The van der Waals surface area contributed by atoms with Crippen molar-refractivity contribution in [1.82, 2.24) is 10.3 Å². The van der Waals surface area contributed by atoms with Crippen LogP contribution in [0.4, 0.5) is 0 Å². The third-order valence-electron chi connectivity index (χ3n) is 4.69. The van der Waals surface area contributed by atoms with E-state index in [9.17, 15) is 4.79 Å². The summed E-state index contributed by atoms with van der Waals surface area (Å²) >= 11 is 1.77. The topological polar surface area (TPSA) is 77.2 Å². The molecule has 0 atom stereocenters. The summed E-state index contributed by atoms with van der Waals surface area (Å²) in [5, 5.41) is 3.41. The van der Waals surface area contributed by atoms with E-state index in [2.05, 4.69) is 16.4 Å². The van der Waals surface area contributed by atoms with Crippen LogP contribution in [0.2, 0.25) is 0 Å². The molecule has 2 aliphatic heterocycles. The van der Waals surface area contributed by atoms with E-state index < -0.39 is 5.91 Å². The molecule has 1 fully saturated rings. The molecule has 1 spiro atoms. The Morgan fingerprint density at radius 3 is 2.91 bits per heavy atom. The van der Waals surface area contributed by atoms with Crippen molar-refractivity contribution in [3.05, 3.63) is 40.5 Å². The zero-order valence-corrected chi connectivity index (χ0v) is 13.6. The smallest absolute Gasteiger partial charge is 0.250 e. The molecule has 0 aliphatic carbocycles. The third kappa shape index (κ3) is 2.56. The minimum absolute atomic E-state index is 0.128. The maximum atomic E-state index is 11.4. The van der Waals surface area contributed by atoms with E-state index >= 15 is 0 Å². The maximum Gasteiger partial charge on any atom is 0.250 e. The number of carbonyl (C=O) groups is 1. The van der Waals surface area contributed by atoms with Gasteiger partial charge in [0.1, 0.15) is 5.60 Å². The van der Waals surface area contributed by atoms with Gasteiger partial charge in [0.25, 0.3) is 0 Å². The van der Waals surface area contributed by atoms with Gasteiger partial charge in [0.05, 0.1) is 12.2 Å². The first-order valence-corrected chi connectivity index (χ1v) is 8.73. The van der Waals surface area contributed by atoms with Crippen LogP contribution in [-0.2, 0) is 16.8 Å². The normalized spacial score (nSPS) is 19.5. The summed E-state index contributed by atoms with van der Waals surface area (Å²) in [5.41, 5.74) is 8.01. The first-order chi connectivity index (χ1) is 11.2. The number of nitrogens with two attached hydrogens (primary N) is 1. The molecular formula is C17H19N3O2S. The van der Waals surface area contributed by atoms with Gasteiger partial charge < -0.3 is 15.8 Å². The van der Waals surface area contributed by atoms with Crippen LogP contribution < -0.4 is 11.1 Å². The summed E-state index contributed by atoms with van der Waals surface area (Å²) in [6.07, 6.45) is 6.28. The van der Waals surface area contributed by atoms with Crippen LogP contribution in [0.5, 0.6) is 0 Å². The average Bonchev–Trinajstić information content (AvgIpc) is 3.02. The molecule has 2 aliphatic rings. The van der Waals surface area contributed by atoms with Crippen LogP contribution in [0, 0.1) is 0 Å². The van der Waals surface area contributed by atoms with Gasteiger partial charge in [-0.2, -0.15) is 0 Å². The van der Waals surface area contributed by atoms with Gasteiger partial charge in [0.15, 0.2) is 0 Å². The van der Waals surface area contributed by atoms with Gasteiger partial charge in [-0.15, -0.1) is 11.3 Å². The second-order valence-corrected chi connectivity index (χ2v) is 7.19. The molecule has 0 saturated carbocycles. The molecule has 23 heavy (non-hydrogen) atoms. The summed E-state index contributed by atoms with van der Waals surface area (Å²) < 4.78 is 6.22. The Labute approximate surface area is 138 Å². The van der Waals surface area contributed by atoms with Crippen LogP contribution in [-0.4, -0.2) is 30.6 Å². The number of hydrogen-bond acceptors (Lipinski definition) is 5. The number of ether oxygens (including phenoxy) is 1. The van der Waals surface area contributed by atoms with Gasteiger partial charge in [0.2, 0.25) is 5.91 Å². The highest BCUT2D eigenvalue weighted by Crippen LogP contribution is 2.46. The maximum absolute atomic E-state index is 11.4. The lowest BCUT2D eigenvalue weighted by Crippen LogP contribution is -2.43. The van der Waals surface area contributed by atoms with E-state index in [0.717, 1.165) is 49.4 Å². The molecular weight excluding hydrogens is 310 g/mol. The highest BCUT2D eigenvalue weighted by Gasteiger charge is 2.40. The molecule has 4 rings (SSSR count).